The Balaban J connectivity index is 1.24. The molecule has 2 aliphatic rings. The Morgan fingerprint density at radius 2 is 1.39 bits per heavy atom. The number of hydrogen-bond donors (Lipinski definition) is 4. The van der Waals surface area contributed by atoms with Gasteiger partial charge in [-0.3, -0.25) is 24.0 Å². The van der Waals surface area contributed by atoms with Gasteiger partial charge >= 0.3 is 10.1 Å². The first kappa shape index (κ1) is 52.6. The fourth-order valence-electron chi connectivity index (χ4n) is 6.98. The van der Waals surface area contributed by atoms with Gasteiger partial charge in [-0.25, -0.2) is 0 Å². The van der Waals surface area contributed by atoms with Crippen molar-refractivity contribution in [1.82, 2.24) is 24.8 Å². The molecule has 21 heteroatoms. The molecule has 3 amide bonds. The maximum absolute atomic E-state index is 13.7. The molecule has 1 aromatic carbocycles. The number of carbonyl (C=O) groups is 3. The van der Waals surface area contributed by atoms with E-state index in [0.717, 1.165) is 0 Å². The van der Waals surface area contributed by atoms with Gasteiger partial charge in [-0.05, 0) is 25.1 Å². The van der Waals surface area contributed by atoms with Gasteiger partial charge in [0, 0.05) is 66.1 Å². The van der Waals surface area contributed by atoms with Crippen LogP contribution >= 0.6 is 0 Å². The second-order valence-corrected chi connectivity index (χ2v) is 21.6. The zero-order valence-electron chi connectivity index (χ0n) is 38.6. The summed E-state index contributed by atoms with van der Waals surface area (Å²) in [5.74, 6) is -2.10. The van der Waals surface area contributed by atoms with E-state index in [1.54, 1.807) is 11.7 Å². The lowest BCUT2D eigenvalue weighted by Gasteiger charge is -2.39. The van der Waals surface area contributed by atoms with Gasteiger partial charge in [0.05, 0.1) is 58.2 Å². The molecule has 0 radical (unpaired) electrons. The predicted molar refractivity (Wildman–Crippen MR) is 230 cm³/mol. The Bertz CT molecular complexity index is 2030. The van der Waals surface area contributed by atoms with Crippen LogP contribution in [0.1, 0.15) is 78.4 Å². The lowest BCUT2D eigenvalue weighted by atomic mass is 9.92. The van der Waals surface area contributed by atoms with Crippen molar-refractivity contribution in [2.24, 2.45) is 21.7 Å². The Kier molecular flexibility index (Phi) is 17.7. The molecular weight excluding hydrogens is 859 g/mol. The quantitative estimate of drug-likeness (QED) is 0.0813. The summed E-state index contributed by atoms with van der Waals surface area (Å²) in [6.07, 6.45) is -3.65. The van der Waals surface area contributed by atoms with Crippen LogP contribution in [0, 0.1) is 21.7 Å². The number of aromatic nitrogens is 3. The van der Waals surface area contributed by atoms with Crippen molar-refractivity contribution >= 4 is 27.8 Å². The molecule has 4 N–H and O–H groups in total. The molecule has 64 heavy (non-hydrogen) atoms. The highest BCUT2D eigenvalue weighted by Crippen LogP contribution is 2.34. The van der Waals surface area contributed by atoms with Crippen LogP contribution in [0.3, 0.4) is 0 Å². The van der Waals surface area contributed by atoms with Crippen molar-refractivity contribution in [3.8, 4) is 11.5 Å². The third-order valence-electron chi connectivity index (χ3n) is 10.2. The minimum atomic E-state index is -4.12. The SMILES string of the molecule is CCS(=O)(=O)Oc1cc(C(=O)N(C)CC(C)(C)COCC(C)(C)Cn2cc(COCC(C)(C)COCC(C)(C)CN3C(=O)C=CC3=O)nn2)ccc1O[C@@H]1O[C@H](CO)[C@H](O)[C@H](O)[C@H]1O. The van der Waals surface area contributed by atoms with Crippen molar-refractivity contribution in [2.75, 3.05) is 65.5 Å². The van der Waals surface area contributed by atoms with Crippen molar-refractivity contribution < 1.29 is 71.1 Å². The van der Waals surface area contributed by atoms with Gasteiger partial charge in [-0.1, -0.05) is 60.6 Å². The molecule has 0 bridgehead atoms. The Labute approximate surface area is 375 Å². The number of ether oxygens (including phenoxy) is 5. The summed E-state index contributed by atoms with van der Waals surface area (Å²) in [6, 6.07) is 3.83. The molecule has 2 aromatic rings. The van der Waals surface area contributed by atoms with Gasteiger partial charge in [-0.2, -0.15) is 8.42 Å². The molecule has 3 heterocycles. The Morgan fingerprint density at radius 1 is 0.812 bits per heavy atom. The number of imide groups is 1. The van der Waals surface area contributed by atoms with Crippen LogP contribution in [0.4, 0.5) is 0 Å². The highest BCUT2D eigenvalue weighted by atomic mass is 32.2. The Hall–Kier alpha value is -4.06. The van der Waals surface area contributed by atoms with Crippen molar-refractivity contribution in [3.63, 3.8) is 0 Å². The van der Waals surface area contributed by atoms with E-state index >= 15 is 0 Å². The lowest BCUT2D eigenvalue weighted by Crippen LogP contribution is -2.60. The standard InChI is InChI=1S/C43H67N5O15S/c1-11-64(56,57)63-31-16-28(12-13-30(31)61-39-37(54)36(53)35(52)32(18-49)62-39)38(55)46(10)20-40(2,3)23-59-24-41(4,5)21-47-17-29(44-45-47)19-58-26-43(8,9)27-60-25-42(6,7)22-48-33(50)14-15-34(48)51/h12-17,32,35-37,39,49,52-54H,11,18-27H2,1-10H3/t32-,35+,36+,37-,39-/m1/s1. The van der Waals surface area contributed by atoms with Crippen LogP contribution in [0.2, 0.25) is 0 Å². The van der Waals surface area contributed by atoms with Crippen LogP contribution in [-0.4, -0.2) is 168 Å². The maximum atomic E-state index is 13.7. The summed E-state index contributed by atoms with van der Waals surface area (Å²) in [5.41, 5.74) is -0.872. The van der Waals surface area contributed by atoms with Gasteiger partial charge in [0.2, 0.25) is 6.29 Å². The molecule has 1 saturated heterocycles. The van der Waals surface area contributed by atoms with E-state index in [0.29, 0.717) is 45.3 Å². The summed E-state index contributed by atoms with van der Waals surface area (Å²) >= 11 is 0. The summed E-state index contributed by atoms with van der Waals surface area (Å²) in [7, 11) is -2.52. The second kappa shape index (κ2) is 21.5. The van der Waals surface area contributed by atoms with Crippen LogP contribution in [0.25, 0.3) is 0 Å². The molecular formula is C43H67N5O15S. The summed E-state index contributed by atoms with van der Waals surface area (Å²) in [4.78, 5) is 40.3. The van der Waals surface area contributed by atoms with E-state index in [2.05, 4.69) is 10.3 Å². The zero-order chi connectivity index (χ0) is 47.8. The second-order valence-electron chi connectivity index (χ2n) is 19.7. The number of amides is 3. The molecule has 2 aliphatic heterocycles. The monoisotopic (exact) mass is 925 g/mol. The minimum Gasteiger partial charge on any atom is -0.458 e. The number of benzene rings is 1. The minimum absolute atomic E-state index is 0.0695. The van der Waals surface area contributed by atoms with E-state index in [4.69, 9.17) is 27.9 Å². The van der Waals surface area contributed by atoms with Crippen molar-refractivity contribution in [1.29, 1.82) is 0 Å². The molecule has 0 unspecified atom stereocenters. The number of hydrogen-bond acceptors (Lipinski definition) is 17. The van der Waals surface area contributed by atoms with Gasteiger partial charge in [0.25, 0.3) is 17.7 Å². The molecule has 0 spiro atoms. The summed E-state index contributed by atoms with van der Waals surface area (Å²) < 4.78 is 61.2. The first-order valence-electron chi connectivity index (χ1n) is 21.1. The van der Waals surface area contributed by atoms with Gasteiger partial charge in [-0.15, -0.1) is 5.10 Å². The molecule has 1 fully saturated rings. The first-order valence-corrected chi connectivity index (χ1v) is 22.7. The average Bonchev–Trinajstić information content (AvgIpc) is 3.77. The number of carbonyl (C=O) groups excluding carboxylic acids is 3. The normalized spacial score (nSPS) is 21.2. The summed E-state index contributed by atoms with van der Waals surface area (Å²) in [5, 5.41) is 48.9. The number of aliphatic hydroxyl groups excluding tert-OH is 4. The van der Waals surface area contributed by atoms with E-state index in [-0.39, 0.29) is 59.4 Å². The summed E-state index contributed by atoms with van der Waals surface area (Å²) in [6.45, 7) is 19.7. The van der Waals surface area contributed by atoms with E-state index < -0.39 is 69.9 Å². The number of aliphatic hydroxyl groups is 4. The third kappa shape index (κ3) is 15.3. The molecule has 0 aliphatic carbocycles. The van der Waals surface area contributed by atoms with E-state index in [1.165, 1.54) is 47.1 Å². The average molecular weight is 926 g/mol. The highest BCUT2D eigenvalue weighted by Gasteiger charge is 2.45. The maximum Gasteiger partial charge on any atom is 0.309 e. The van der Waals surface area contributed by atoms with Gasteiger partial charge in [0.15, 0.2) is 11.5 Å². The fraction of sp³-hybridized carbons (Fsp3) is 0.698. The number of nitrogens with zero attached hydrogens (tertiary/aromatic N) is 5. The Morgan fingerprint density at radius 3 is 2.00 bits per heavy atom. The van der Waals surface area contributed by atoms with E-state index in [1.807, 2.05) is 61.6 Å². The molecule has 4 rings (SSSR count). The number of rotatable bonds is 25. The van der Waals surface area contributed by atoms with Crippen LogP contribution in [0.15, 0.2) is 36.5 Å². The van der Waals surface area contributed by atoms with E-state index in [9.17, 15) is 43.2 Å². The molecule has 360 valence electrons. The third-order valence-corrected chi connectivity index (χ3v) is 11.4. The first-order chi connectivity index (χ1) is 29.7. The van der Waals surface area contributed by atoms with Crippen LogP contribution in [0.5, 0.6) is 11.5 Å². The molecule has 20 nitrogen and oxygen atoms in total. The molecule has 5 atom stereocenters. The topological polar surface area (TPSA) is 259 Å². The smallest absolute Gasteiger partial charge is 0.309 e. The van der Waals surface area contributed by atoms with Gasteiger partial charge < -0.3 is 53.2 Å². The predicted octanol–water partition coefficient (Wildman–Crippen LogP) is 1.54. The van der Waals surface area contributed by atoms with Crippen LogP contribution in [-0.2, 0) is 51.8 Å². The molecule has 0 saturated carbocycles. The zero-order valence-corrected chi connectivity index (χ0v) is 39.4. The lowest BCUT2D eigenvalue weighted by molar-refractivity contribution is -0.277. The molecule has 1 aromatic heterocycles. The highest BCUT2D eigenvalue weighted by molar-refractivity contribution is 7.87. The van der Waals surface area contributed by atoms with Crippen LogP contribution < -0.4 is 8.92 Å². The fourth-order valence-corrected chi connectivity index (χ4v) is 7.50. The largest absolute Gasteiger partial charge is 0.458 e. The van der Waals surface area contributed by atoms with Gasteiger partial charge in [0.1, 0.15) is 30.1 Å². The van der Waals surface area contributed by atoms with Crippen molar-refractivity contribution in [3.05, 3.63) is 47.8 Å². The van der Waals surface area contributed by atoms with Crippen molar-refractivity contribution in [2.45, 2.75) is 106 Å².